The minimum atomic E-state index is -4.13. The summed E-state index contributed by atoms with van der Waals surface area (Å²) >= 11 is 0. The summed E-state index contributed by atoms with van der Waals surface area (Å²) in [7, 11) is 0. The molecule has 0 aromatic rings. The highest BCUT2D eigenvalue weighted by Gasteiger charge is 2.79. The smallest absolute Gasteiger partial charge is 0.407 e. The summed E-state index contributed by atoms with van der Waals surface area (Å²) in [5.41, 5.74) is -2.16. The van der Waals surface area contributed by atoms with Gasteiger partial charge in [0.1, 0.15) is 0 Å². The van der Waals surface area contributed by atoms with Gasteiger partial charge in [-0.25, -0.2) is 4.79 Å². The van der Waals surface area contributed by atoms with Gasteiger partial charge in [-0.2, -0.15) is 13.2 Å². The quantitative estimate of drug-likeness (QED) is 0.779. The lowest BCUT2D eigenvalue weighted by molar-refractivity contribution is -0.337. The van der Waals surface area contributed by atoms with Gasteiger partial charge >= 0.3 is 12.3 Å². The van der Waals surface area contributed by atoms with E-state index >= 15 is 0 Å². The number of carbonyl (C=O) groups excluding carboxylic acids is 1. The zero-order valence-corrected chi connectivity index (χ0v) is 8.28. The summed E-state index contributed by atoms with van der Waals surface area (Å²) in [5, 5.41) is 2.50. The third-order valence-corrected chi connectivity index (χ3v) is 3.27. The Hall–Kier alpha value is -0.940. The highest BCUT2D eigenvalue weighted by Crippen LogP contribution is 2.73. The van der Waals surface area contributed by atoms with Crippen molar-refractivity contribution in [2.75, 3.05) is 6.61 Å². The van der Waals surface area contributed by atoms with E-state index in [1.165, 1.54) is 0 Å². The topological polar surface area (TPSA) is 38.3 Å². The first-order chi connectivity index (χ1) is 6.83. The molecule has 1 amide bonds. The van der Waals surface area contributed by atoms with Crippen LogP contribution in [0.1, 0.15) is 26.2 Å². The molecule has 0 aromatic carbocycles. The monoisotopic (exact) mass is 223 g/mol. The maximum atomic E-state index is 12.4. The molecular formula is C9H12F3NO2. The highest BCUT2D eigenvalue weighted by molar-refractivity contribution is 5.69. The van der Waals surface area contributed by atoms with Crippen molar-refractivity contribution in [3.63, 3.8) is 0 Å². The Morgan fingerprint density at radius 3 is 2.33 bits per heavy atom. The molecule has 3 aliphatic carbocycles. The van der Waals surface area contributed by atoms with Gasteiger partial charge in [0, 0.05) is 5.54 Å². The molecule has 3 saturated carbocycles. The summed E-state index contributed by atoms with van der Waals surface area (Å²) in [6.07, 6.45) is -4.74. The first-order valence-corrected chi connectivity index (χ1v) is 4.84. The summed E-state index contributed by atoms with van der Waals surface area (Å²) in [5.74, 6) is 0. The molecule has 0 heterocycles. The Bertz CT molecular complexity index is 280. The van der Waals surface area contributed by atoms with Gasteiger partial charge in [-0.15, -0.1) is 0 Å². The number of nitrogens with one attached hydrogen (secondary N) is 1. The summed E-state index contributed by atoms with van der Waals surface area (Å²) in [6.45, 7) is 1.88. The van der Waals surface area contributed by atoms with Crippen LogP contribution in [0.3, 0.4) is 0 Å². The molecule has 3 aliphatic rings. The lowest BCUT2D eigenvalue weighted by Gasteiger charge is -2.69. The second-order valence-corrected chi connectivity index (χ2v) is 4.43. The van der Waals surface area contributed by atoms with Crippen molar-refractivity contribution < 1.29 is 22.7 Å². The molecule has 6 heteroatoms. The van der Waals surface area contributed by atoms with Crippen LogP contribution in [0.5, 0.6) is 0 Å². The molecule has 0 aromatic heterocycles. The van der Waals surface area contributed by atoms with Crippen LogP contribution in [0, 0.1) is 5.41 Å². The second-order valence-electron chi connectivity index (χ2n) is 4.43. The third kappa shape index (κ3) is 1.38. The molecule has 3 nitrogen and oxygen atoms in total. The van der Waals surface area contributed by atoms with E-state index in [1.54, 1.807) is 6.92 Å². The molecule has 0 saturated heterocycles. The van der Waals surface area contributed by atoms with Gasteiger partial charge in [0.15, 0.2) is 0 Å². The van der Waals surface area contributed by atoms with Gasteiger partial charge in [-0.05, 0) is 26.2 Å². The minimum absolute atomic E-state index is 0.00230. The van der Waals surface area contributed by atoms with Crippen molar-refractivity contribution >= 4 is 6.09 Å². The van der Waals surface area contributed by atoms with Gasteiger partial charge in [-0.3, -0.25) is 0 Å². The molecule has 1 N–H and O–H groups in total. The van der Waals surface area contributed by atoms with E-state index in [9.17, 15) is 18.0 Å². The summed E-state index contributed by atoms with van der Waals surface area (Å²) in [6, 6.07) is 0. The minimum Gasteiger partial charge on any atom is -0.450 e. The highest BCUT2D eigenvalue weighted by atomic mass is 19.4. The van der Waals surface area contributed by atoms with Crippen LogP contribution in [0.2, 0.25) is 0 Å². The van der Waals surface area contributed by atoms with Crippen LogP contribution in [0.4, 0.5) is 18.0 Å². The standard InChI is InChI=1S/C9H12F3NO2/c1-2-15-6(14)13-8-3-7(4-8,5-8)9(10,11)12/h2-5H2,1H3,(H,13,14). The molecule has 0 radical (unpaired) electrons. The summed E-state index contributed by atoms with van der Waals surface area (Å²) < 4.78 is 41.9. The lowest BCUT2D eigenvalue weighted by atomic mass is 9.39. The molecule has 3 fully saturated rings. The molecule has 0 unspecified atom stereocenters. The number of alkyl halides is 3. The van der Waals surface area contributed by atoms with Crippen molar-refractivity contribution in [3.8, 4) is 0 Å². The predicted octanol–water partition coefficient (Wildman–Crippen LogP) is 2.22. The third-order valence-electron chi connectivity index (χ3n) is 3.27. The van der Waals surface area contributed by atoms with E-state index in [2.05, 4.69) is 10.1 Å². The summed E-state index contributed by atoms with van der Waals surface area (Å²) in [4.78, 5) is 11.0. The first-order valence-electron chi connectivity index (χ1n) is 4.84. The SMILES string of the molecule is CCOC(=O)NC12CC(C(F)(F)F)(C1)C2. The molecule has 3 rings (SSSR count). The number of alkyl carbamates (subject to hydrolysis) is 1. The zero-order chi connectivity index (χ0) is 11.3. The fourth-order valence-corrected chi connectivity index (χ4v) is 2.60. The van der Waals surface area contributed by atoms with E-state index in [4.69, 9.17) is 0 Å². The van der Waals surface area contributed by atoms with Crippen LogP contribution in [0.15, 0.2) is 0 Å². The van der Waals surface area contributed by atoms with E-state index < -0.39 is 23.2 Å². The van der Waals surface area contributed by atoms with Crippen LogP contribution in [-0.4, -0.2) is 24.4 Å². The Morgan fingerprint density at radius 1 is 1.40 bits per heavy atom. The van der Waals surface area contributed by atoms with Crippen LogP contribution >= 0.6 is 0 Å². The van der Waals surface area contributed by atoms with E-state index in [0.29, 0.717) is 0 Å². The van der Waals surface area contributed by atoms with Crippen LogP contribution in [-0.2, 0) is 4.74 Å². The number of halogens is 3. The van der Waals surface area contributed by atoms with Gasteiger partial charge in [0.2, 0.25) is 0 Å². The maximum absolute atomic E-state index is 12.4. The number of carbonyl (C=O) groups is 1. The van der Waals surface area contributed by atoms with Gasteiger partial charge in [0.25, 0.3) is 0 Å². The van der Waals surface area contributed by atoms with E-state index in [-0.39, 0.29) is 25.9 Å². The number of rotatable bonds is 2. The largest absolute Gasteiger partial charge is 0.450 e. The van der Waals surface area contributed by atoms with Gasteiger partial charge < -0.3 is 10.1 Å². The Kier molecular flexibility index (Phi) is 1.97. The van der Waals surface area contributed by atoms with Crippen molar-refractivity contribution in [2.24, 2.45) is 5.41 Å². The van der Waals surface area contributed by atoms with Crippen molar-refractivity contribution in [3.05, 3.63) is 0 Å². The molecule has 0 atom stereocenters. The van der Waals surface area contributed by atoms with Crippen LogP contribution < -0.4 is 5.32 Å². The number of ether oxygens (including phenoxy) is 1. The average Bonchev–Trinajstić information content (AvgIpc) is 1.91. The van der Waals surface area contributed by atoms with Crippen molar-refractivity contribution in [1.82, 2.24) is 5.32 Å². The van der Waals surface area contributed by atoms with E-state index in [1.807, 2.05) is 0 Å². The number of hydrogen-bond acceptors (Lipinski definition) is 2. The fourth-order valence-electron chi connectivity index (χ4n) is 2.60. The van der Waals surface area contributed by atoms with Crippen LogP contribution in [0.25, 0.3) is 0 Å². The Labute approximate surface area is 85.0 Å². The zero-order valence-electron chi connectivity index (χ0n) is 8.28. The van der Waals surface area contributed by atoms with Crippen molar-refractivity contribution in [1.29, 1.82) is 0 Å². The molecule has 0 aliphatic heterocycles. The van der Waals surface area contributed by atoms with Gasteiger partial charge in [-0.1, -0.05) is 0 Å². The second kappa shape index (κ2) is 2.80. The lowest BCUT2D eigenvalue weighted by Crippen LogP contribution is -2.78. The average molecular weight is 223 g/mol. The van der Waals surface area contributed by atoms with Gasteiger partial charge in [0.05, 0.1) is 12.0 Å². The molecular weight excluding hydrogens is 211 g/mol. The number of amides is 1. The number of hydrogen-bond donors (Lipinski definition) is 1. The molecule has 86 valence electrons. The van der Waals surface area contributed by atoms with E-state index in [0.717, 1.165) is 0 Å². The fraction of sp³-hybridized carbons (Fsp3) is 0.889. The Balaban J connectivity index is 1.85. The predicted molar refractivity (Wildman–Crippen MR) is 45.2 cm³/mol. The molecule has 15 heavy (non-hydrogen) atoms. The first kappa shape index (κ1) is 10.6. The maximum Gasteiger partial charge on any atom is 0.407 e. The van der Waals surface area contributed by atoms with Crippen molar-refractivity contribution in [2.45, 2.75) is 37.9 Å². The molecule has 2 bridgehead atoms. The normalized spacial score (nSPS) is 37.6. The Morgan fingerprint density at radius 2 is 1.93 bits per heavy atom. The molecule has 0 spiro atoms.